The molecule has 1 N–H and O–H groups in total. The molecule has 0 spiro atoms. The van der Waals surface area contributed by atoms with Crippen molar-refractivity contribution in [2.75, 3.05) is 13.1 Å². The third-order valence-corrected chi connectivity index (χ3v) is 4.79. The summed E-state index contributed by atoms with van der Waals surface area (Å²) in [6, 6.07) is 9.68. The van der Waals surface area contributed by atoms with E-state index in [2.05, 4.69) is 12.2 Å². The van der Waals surface area contributed by atoms with Gasteiger partial charge in [-0.05, 0) is 24.8 Å². The Morgan fingerprint density at radius 2 is 1.86 bits per heavy atom. The van der Waals surface area contributed by atoms with Gasteiger partial charge in [-0.15, -0.1) is 0 Å². The highest BCUT2D eigenvalue weighted by Crippen LogP contribution is 2.34. The standard InChI is InChI=1S/C18H21NO3/c20-17(14-9-5-2-6-10-14)19-11-15(16(12-19)18(21)22)13-7-3-1-4-8-13/h1-5,7-8,14-16H,6,9-12H2,(H,21,22)/t14-,15-,16-/m1/s1. The summed E-state index contributed by atoms with van der Waals surface area (Å²) < 4.78 is 0. The number of nitrogens with zero attached hydrogens (tertiary/aromatic N) is 1. The Morgan fingerprint density at radius 1 is 1.09 bits per heavy atom. The number of rotatable bonds is 3. The van der Waals surface area contributed by atoms with Crippen LogP contribution in [-0.4, -0.2) is 35.0 Å². The summed E-state index contributed by atoms with van der Waals surface area (Å²) in [6.45, 7) is 0.841. The summed E-state index contributed by atoms with van der Waals surface area (Å²) in [5.41, 5.74) is 1.01. The van der Waals surface area contributed by atoms with Crippen molar-refractivity contribution in [2.45, 2.75) is 25.2 Å². The van der Waals surface area contributed by atoms with Crippen LogP contribution in [0.25, 0.3) is 0 Å². The summed E-state index contributed by atoms with van der Waals surface area (Å²) in [5, 5.41) is 9.51. The van der Waals surface area contributed by atoms with Crippen molar-refractivity contribution in [1.29, 1.82) is 0 Å². The highest BCUT2D eigenvalue weighted by Gasteiger charge is 2.41. The van der Waals surface area contributed by atoms with E-state index in [4.69, 9.17) is 0 Å². The van der Waals surface area contributed by atoms with Crippen LogP contribution >= 0.6 is 0 Å². The van der Waals surface area contributed by atoms with E-state index in [0.717, 1.165) is 24.8 Å². The number of aliphatic carboxylic acids is 1. The number of carboxylic acids is 1. The molecule has 0 unspecified atom stereocenters. The number of likely N-dealkylation sites (tertiary alicyclic amines) is 1. The van der Waals surface area contributed by atoms with Crippen molar-refractivity contribution in [3.8, 4) is 0 Å². The molecule has 0 saturated carbocycles. The largest absolute Gasteiger partial charge is 0.481 e. The molecule has 1 saturated heterocycles. The minimum absolute atomic E-state index is 0.0222. The van der Waals surface area contributed by atoms with Crippen LogP contribution < -0.4 is 0 Å². The summed E-state index contributed by atoms with van der Waals surface area (Å²) in [7, 11) is 0. The first-order valence-electron chi connectivity index (χ1n) is 7.88. The predicted molar refractivity (Wildman–Crippen MR) is 83.4 cm³/mol. The van der Waals surface area contributed by atoms with Crippen LogP contribution in [0.2, 0.25) is 0 Å². The molecule has 3 atom stereocenters. The Kier molecular flexibility index (Phi) is 4.27. The molecule has 1 amide bonds. The van der Waals surface area contributed by atoms with Crippen LogP contribution in [0, 0.1) is 11.8 Å². The molecule has 1 heterocycles. The normalized spacial score (nSPS) is 27.8. The monoisotopic (exact) mass is 299 g/mol. The van der Waals surface area contributed by atoms with Gasteiger partial charge >= 0.3 is 5.97 Å². The smallest absolute Gasteiger partial charge is 0.308 e. The molecule has 0 bridgehead atoms. The molecule has 4 heteroatoms. The minimum atomic E-state index is -0.812. The lowest BCUT2D eigenvalue weighted by Crippen LogP contribution is -2.35. The second kappa shape index (κ2) is 6.34. The molecule has 4 nitrogen and oxygen atoms in total. The maximum atomic E-state index is 12.6. The Balaban J connectivity index is 1.77. The number of hydrogen-bond acceptors (Lipinski definition) is 2. The molecule has 0 aromatic heterocycles. The Bertz CT molecular complexity index is 581. The maximum Gasteiger partial charge on any atom is 0.308 e. The molecule has 116 valence electrons. The fourth-order valence-corrected chi connectivity index (χ4v) is 3.55. The lowest BCUT2D eigenvalue weighted by Gasteiger charge is -2.24. The highest BCUT2D eigenvalue weighted by molar-refractivity contribution is 5.81. The number of hydrogen-bond donors (Lipinski definition) is 1. The number of carbonyl (C=O) groups excluding carboxylic acids is 1. The van der Waals surface area contributed by atoms with E-state index in [-0.39, 0.29) is 17.7 Å². The van der Waals surface area contributed by atoms with Gasteiger partial charge in [0, 0.05) is 24.9 Å². The van der Waals surface area contributed by atoms with E-state index in [9.17, 15) is 14.7 Å². The zero-order valence-corrected chi connectivity index (χ0v) is 12.5. The summed E-state index contributed by atoms with van der Waals surface area (Å²) >= 11 is 0. The minimum Gasteiger partial charge on any atom is -0.481 e. The quantitative estimate of drug-likeness (QED) is 0.873. The van der Waals surface area contributed by atoms with Crippen LogP contribution in [0.1, 0.15) is 30.7 Å². The van der Waals surface area contributed by atoms with E-state index >= 15 is 0 Å². The average Bonchev–Trinajstić information content (AvgIpc) is 3.01. The van der Waals surface area contributed by atoms with Crippen molar-refractivity contribution < 1.29 is 14.7 Å². The van der Waals surface area contributed by atoms with Crippen LogP contribution in [0.3, 0.4) is 0 Å². The molecule has 0 radical (unpaired) electrons. The first-order valence-corrected chi connectivity index (χ1v) is 7.88. The topological polar surface area (TPSA) is 57.6 Å². The predicted octanol–water partition coefficient (Wildman–Crippen LogP) is 2.67. The zero-order valence-electron chi connectivity index (χ0n) is 12.5. The number of benzene rings is 1. The second-order valence-electron chi connectivity index (χ2n) is 6.19. The summed E-state index contributed by atoms with van der Waals surface area (Å²) in [6.07, 6.45) is 6.77. The Hall–Kier alpha value is -2.10. The molecule has 22 heavy (non-hydrogen) atoms. The number of amides is 1. The van der Waals surface area contributed by atoms with Crippen molar-refractivity contribution in [2.24, 2.45) is 11.8 Å². The lowest BCUT2D eigenvalue weighted by atomic mass is 9.89. The van der Waals surface area contributed by atoms with Gasteiger partial charge in [0.1, 0.15) is 0 Å². The fraction of sp³-hybridized carbons (Fsp3) is 0.444. The van der Waals surface area contributed by atoms with Crippen LogP contribution in [-0.2, 0) is 9.59 Å². The first kappa shape index (κ1) is 14.8. The molecule has 2 aliphatic rings. The second-order valence-corrected chi connectivity index (χ2v) is 6.19. The van der Waals surface area contributed by atoms with Gasteiger partial charge in [-0.3, -0.25) is 9.59 Å². The summed E-state index contributed by atoms with van der Waals surface area (Å²) in [4.78, 5) is 26.0. The van der Waals surface area contributed by atoms with E-state index in [1.165, 1.54) is 0 Å². The van der Waals surface area contributed by atoms with Crippen molar-refractivity contribution in [3.63, 3.8) is 0 Å². The van der Waals surface area contributed by atoms with Crippen molar-refractivity contribution in [1.82, 2.24) is 4.90 Å². The molecule has 1 aromatic carbocycles. The van der Waals surface area contributed by atoms with Crippen molar-refractivity contribution in [3.05, 3.63) is 48.0 Å². The van der Waals surface area contributed by atoms with E-state index in [1.807, 2.05) is 30.3 Å². The first-order chi connectivity index (χ1) is 10.7. The van der Waals surface area contributed by atoms with Crippen LogP contribution in [0.5, 0.6) is 0 Å². The number of carboxylic acid groups (broad SMARTS) is 1. The Labute approximate surface area is 130 Å². The van der Waals surface area contributed by atoms with Gasteiger partial charge < -0.3 is 10.0 Å². The zero-order chi connectivity index (χ0) is 15.5. The maximum absolute atomic E-state index is 12.6. The van der Waals surface area contributed by atoms with Gasteiger partial charge in [0.2, 0.25) is 5.91 Å². The molecule has 3 rings (SSSR count). The van der Waals surface area contributed by atoms with Crippen LogP contribution in [0.15, 0.2) is 42.5 Å². The summed E-state index contributed by atoms with van der Waals surface area (Å²) in [5.74, 6) is -1.29. The van der Waals surface area contributed by atoms with Gasteiger partial charge in [-0.2, -0.15) is 0 Å². The van der Waals surface area contributed by atoms with Gasteiger partial charge in [0.15, 0.2) is 0 Å². The molecule has 1 aliphatic heterocycles. The van der Waals surface area contributed by atoms with Gasteiger partial charge in [0.05, 0.1) is 5.92 Å². The lowest BCUT2D eigenvalue weighted by molar-refractivity contribution is -0.142. The van der Waals surface area contributed by atoms with E-state index < -0.39 is 11.9 Å². The molecule has 1 fully saturated rings. The van der Waals surface area contributed by atoms with Gasteiger partial charge in [-0.1, -0.05) is 42.5 Å². The molecule has 1 aliphatic carbocycles. The van der Waals surface area contributed by atoms with Gasteiger partial charge in [-0.25, -0.2) is 0 Å². The number of carbonyl (C=O) groups is 2. The Morgan fingerprint density at radius 3 is 2.50 bits per heavy atom. The van der Waals surface area contributed by atoms with Crippen LogP contribution in [0.4, 0.5) is 0 Å². The van der Waals surface area contributed by atoms with Crippen molar-refractivity contribution >= 4 is 11.9 Å². The molecular weight excluding hydrogens is 278 g/mol. The molecular formula is C18H21NO3. The van der Waals surface area contributed by atoms with E-state index in [1.54, 1.807) is 4.90 Å². The van der Waals surface area contributed by atoms with E-state index in [0.29, 0.717) is 13.1 Å². The fourth-order valence-electron chi connectivity index (χ4n) is 3.55. The third kappa shape index (κ3) is 2.91. The van der Waals surface area contributed by atoms with Gasteiger partial charge in [0.25, 0.3) is 0 Å². The molecule has 1 aromatic rings. The number of allylic oxidation sites excluding steroid dienone is 2. The average molecular weight is 299 g/mol. The third-order valence-electron chi connectivity index (χ3n) is 4.79. The highest BCUT2D eigenvalue weighted by atomic mass is 16.4. The SMILES string of the molecule is O=C(O)[C@@H]1CN(C(=O)[C@@H]2CC=CCC2)C[C@@H]1c1ccccc1.